The van der Waals surface area contributed by atoms with Gasteiger partial charge in [-0.05, 0) is 79.7 Å². The lowest BCUT2D eigenvalue weighted by atomic mass is 9.90. The number of hydrogen-bond acceptors (Lipinski definition) is 7. The van der Waals surface area contributed by atoms with Crippen LogP contribution in [0.4, 0.5) is 4.39 Å². The summed E-state index contributed by atoms with van der Waals surface area (Å²) in [5.74, 6) is 1.70. The Kier molecular flexibility index (Phi) is 10.4. The first-order chi connectivity index (χ1) is 18.8. The van der Waals surface area contributed by atoms with Gasteiger partial charge >= 0.3 is 0 Å². The number of aliphatic hydroxyl groups excluding tert-OH is 1. The zero-order valence-electron chi connectivity index (χ0n) is 22.6. The number of amides is 2. The third-order valence-electron chi connectivity index (χ3n) is 7.17. The fraction of sp³-hybridized carbons (Fsp3) is 0.552. The lowest BCUT2D eigenvalue weighted by Gasteiger charge is -2.30. The van der Waals surface area contributed by atoms with Gasteiger partial charge in [0.15, 0.2) is 0 Å². The lowest BCUT2D eigenvalue weighted by Crippen LogP contribution is -2.44. The normalized spacial score (nSPS) is 19.9. The number of thioether (sulfide) groups is 1. The average Bonchev–Trinajstić information content (AvgIpc) is 2.94. The van der Waals surface area contributed by atoms with E-state index < -0.39 is 11.7 Å². The highest BCUT2D eigenvalue weighted by Gasteiger charge is 2.27. The first-order valence-corrected chi connectivity index (χ1v) is 14.9. The van der Waals surface area contributed by atoms with Crippen molar-refractivity contribution in [1.82, 2.24) is 15.6 Å². The Morgan fingerprint density at radius 3 is 2.28 bits per heavy atom. The summed E-state index contributed by atoms with van der Waals surface area (Å²) < 4.78 is 25.6. The van der Waals surface area contributed by atoms with Gasteiger partial charge in [-0.1, -0.05) is 19.9 Å². The SMILES string of the molecule is CC(C)c1ccc(C(=O)NC2CCC(NC(=O)c3cc(F)cnc3OC3CCSCC3)CC2)c(OCCO)c1. The number of halogens is 1. The smallest absolute Gasteiger partial charge is 0.257 e. The standard InChI is InChI=1S/C29H38FN3O5S/c1-18(2)19-3-8-24(26(15-19)37-12-11-34)27(35)32-21-4-6-22(7-5-21)33-28(36)25-16-20(30)17-31-29(25)38-23-9-13-39-14-10-23/h3,8,15-18,21-23,34H,4-7,9-14H2,1-2H3,(H,32,35)(H,33,36). The first kappa shape index (κ1) is 29.1. The van der Waals surface area contributed by atoms with Crippen molar-refractivity contribution in [2.24, 2.45) is 0 Å². The van der Waals surface area contributed by atoms with Gasteiger partial charge in [0.25, 0.3) is 11.8 Å². The molecule has 8 nitrogen and oxygen atoms in total. The first-order valence-electron chi connectivity index (χ1n) is 13.7. The molecule has 0 atom stereocenters. The van der Waals surface area contributed by atoms with Crippen LogP contribution >= 0.6 is 11.8 Å². The van der Waals surface area contributed by atoms with Gasteiger partial charge in [-0.25, -0.2) is 9.37 Å². The highest BCUT2D eigenvalue weighted by molar-refractivity contribution is 7.99. The van der Waals surface area contributed by atoms with Crippen molar-refractivity contribution in [2.75, 3.05) is 24.7 Å². The summed E-state index contributed by atoms with van der Waals surface area (Å²) >= 11 is 1.87. The summed E-state index contributed by atoms with van der Waals surface area (Å²) in [5, 5.41) is 15.3. The number of aromatic nitrogens is 1. The van der Waals surface area contributed by atoms with Gasteiger partial charge in [-0.3, -0.25) is 9.59 Å². The van der Waals surface area contributed by atoms with Crippen LogP contribution in [0.15, 0.2) is 30.5 Å². The molecule has 10 heteroatoms. The maximum atomic E-state index is 14.0. The minimum Gasteiger partial charge on any atom is -0.490 e. The maximum absolute atomic E-state index is 14.0. The molecule has 2 aromatic rings. The van der Waals surface area contributed by atoms with E-state index in [1.807, 2.05) is 23.9 Å². The molecule has 1 saturated carbocycles. The molecule has 2 aliphatic rings. The topological polar surface area (TPSA) is 110 Å². The second-order valence-corrected chi connectivity index (χ2v) is 11.6. The quantitative estimate of drug-likeness (QED) is 0.394. The molecule has 2 amide bonds. The zero-order valence-corrected chi connectivity index (χ0v) is 23.4. The fourth-order valence-electron chi connectivity index (χ4n) is 4.90. The van der Waals surface area contributed by atoms with E-state index in [0.29, 0.717) is 37.0 Å². The van der Waals surface area contributed by atoms with E-state index in [2.05, 4.69) is 29.5 Å². The van der Waals surface area contributed by atoms with Gasteiger partial charge < -0.3 is 25.2 Å². The van der Waals surface area contributed by atoms with Crippen LogP contribution in [0, 0.1) is 5.82 Å². The summed E-state index contributed by atoms with van der Waals surface area (Å²) in [6, 6.07) is 6.59. The number of carbonyl (C=O) groups is 2. The van der Waals surface area contributed by atoms with Crippen LogP contribution in [0.2, 0.25) is 0 Å². The number of ether oxygens (including phenoxy) is 2. The third kappa shape index (κ3) is 8.08. The molecule has 1 saturated heterocycles. The molecular formula is C29H38FN3O5S. The van der Waals surface area contributed by atoms with Gasteiger partial charge in [0.1, 0.15) is 29.8 Å². The van der Waals surface area contributed by atoms with Crippen LogP contribution < -0.4 is 20.1 Å². The number of hydrogen-bond donors (Lipinski definition) is 3. The van der Waals surface area contributed by atoms with Crippen LogP contribution in [0.3, 0.4) is 0 Å². The minimum atomic E-state index is -0.582. The van der Waals surface area contributed by atoms with Crippen molar-refractivity contribution in [3.63, 3.8) is 0 Å². The van der Waals surface area contributed by atoms with Crippen molar-refractivity contribution >= 4 is 23.6 Å². The lowest BCUT2D eigenvalue weighted by molar-refractivity contribution is 0.0883. The van der Waals surface area contributed by atoms with Crippen LogP contribution in [0.5, 0.6) is 11.6 Å². The number of nitrogens with one attached hydrogen (secondary N) is 2. The summed E-state index contributed by atoms with van der Waals surface area (Å²) in [6.07, 6.45) is 5.54. The van der Waals surface area contributed by atoms with Gasteiger partial charge in [-0.15, -0.1) is 0 Å². The molecule has 0 bridgehead atoms. The number of benzene rings is 1. The molecular weight excluding hydrogens is 521 g/mol. The largest absolute Gasteiger partial charge is 0.490 e. The van der Waals surface area contributed by atoms with E-state index in [0.717, 1.165) is 36.1 Å². The molecule has 2 fully saturated rings. The Hall–Kier alpha value is -2.85. The van der Waals surface area contributed by atoms with Crippen molar-refractivity contribution in [1.29, 1.82) is 0 Å². The summed E-state index contributed by atoms with van der Waals surface area (Å²) in [6.45, 7) is 4.11. The molecule has 212 valence electrons. The molecule has 1 aliphatic heterocycles. The van der Waals surface area contributed by atoms with E-state index in [1.54, 1.807) is 6.07 Å². The summed E-state index contributed by atoms with van der Waals surface area (Å²) in [7, 11) is 0. The molecule has 0 unspecified atom stereocenters. The molecule has 1 aromatic heterocycles. The van der Waals surface area contributed by atoms with Crippen molar-refractivity contribution < 1.29 is 28.6 Å². The average molecular weight is 560 g/mol. The predicted molar refractivity (Wildman–Crippen MR) is 149 cm³/mol. The number of aliphatic hydroxyl groups is 1. The van der Waals surface area contributed by atoms with E-state index in [-0.39, 0.29) is 54.7 Å². The molecule has 3 N–H and O–H groups in total. The van der Waals surface area contributed by atoms with Crippen molar-refractivity contribution in [3.8, 4) is 11.6 Å². The second-order valence-electron chi connectivity index (χ2n) is 10.4. The molecule has 2 heterocycles. The Labute approximate surface area is 233 Å². The Balaban J connectivity index is 1.32. The third-order valence-corrected chi connectivity index (χ3v) is 8.22. The van der Waals surface area contributed by atoms with Crippen molar-refractivity contribution in [2.45, 2.75) is 76.5 Å². The molecule has 0 spiro atoms. The Morgan fingerprint density at radius 2 is 1.67 bits per heavy atom. The molecule has 1 aromatic carbocycles. The highest BCUT2D eigenvalue weighted by Crippen LogP contribution is 2.28. The fourth-order valence-corrected chi connectivity index (χ4v) is 5.97. The van der Waals surface area contributed by atoms with Crippen LogP contribution in [0.25, 0.3) is 0 Å². The summed E-state index contributed by atoms with van der Waals surface area (Å²) in [4.78, 5) is 30.2. The Morgan fingerprint density at radius 1 is 1.03 bits per heavy atom. The van der Waals surface area contributed by atoms with E-state index in [1.165, 1.54) is 6.07 Å². The second kappa shape index (κ2) is 14.0. The highest BCUT2D eigenvalue weighted by atomic mass is 32.2. The number of pyridine rings is 1. The minimum absolute atomic E-state index is 0.0223. The zero-order chi connectivity index (χ0) is 27.8. The number of nitrogens with zero attached hydrogens (tertiary/aromatic N) is 1. The van der Waals surface area contributed by atoms with Gasteiger partial charge in [0, 0.05) is 12.1 Å². The molecule has 1 aliphatic carbocycles. The number of carbonyl (C=O) groups excluding carboxylic acids is 2. The van der Waals surface area contributed by atoms with Crippen LogP contribution in [-0.4, -0.2) is 64.8 Å². The van der Waals surface area contributed by atoms with Gasteiger partial charge in [-0.2, -0.15) is 11.8 Å². The monoisotopic (exact) mass is 559 g/mol. The molecule has 4 rings (SSSR count). The van der Waals surface area contributed by atoms with E-state index >= 15 is 0 Å². The van der Waals surface area contributed by atoms with E-state index in [9.17, 15) is 19.1 Å². The molecule has 0 radical (unpaired) electrons. The van der Waals surface area contributed by atoms with Crippen LogP contribution in [-0.2, 0) is 0 Å². The summed E-state index contributed by atoms with van der Waals surface area (Å²) in [5.41, 5.74) is 1.60. The number of rotatable bonds is 10. The molecule has 39 heavy (non-hydrogen) atoms. The van der Waals surface area contributed by atoms with Gasteiger partial charge in [0.2, 0.25) is 5.88 Å². The van der Waals surface area contributed by atoms with E-state index in [4.69, 9.17) is 9.47 Å². The maximum Gasteiger partial charge on any atom is 0.257 e. The van der Waals surface area contributed by atoms with Crippen molar-refractivity contribution in [3.05, 3.63) is 53.0 Å². The Bertz CT molecular complexity index is 1130. The van der Waals surface area contributed by atoms with Crippen LogP contribution in [0.1, 0.15) is 84.6 Å². The van der Waals surface area contributed by atoms with Gasteiger partial charge in [0.05, 0.1) is 18.4 Å². The predicted octanol–water partition coefficient (Wildman–Crippen LogP) is 4.46.